The Morgan fingerprint density at radius 3 is 2.64 bits per heavy atom. The van der Waals surface area contributed by atoms with E-state index in [9.17, 15) is 0 Å². The van der Waals surface area contributed by atoms with Crippen molar-refractivity contribution in [2.24, 2.45) is 0 Å². The van der Waals surface area contributed by atoms with Crippen molar-refractivity contribution in [3.63, 3.8) is 0 Å². The van der Waals surface area contributed by atoms with Crippen molar-refractivity contribution in [1.29, 1.82) is 0 Å². The minimum atomic E-state index is 0.504. The van der Waals surface area contributed by atoms with Gasteiger partial charge in [-0.05, 0) is 49.6 Å². The SMILES string of the molecule is CCc1ccccc1Nc1nncc(N(CC)c2cccc(C)c2)n1. The number of aromatic nitrogens is 3. The van der Waals surface area contributed by atoms with E-state index >= 15 is 0 Å². The second-order valence-electron chi connectivity index (χ2n) is 5.86. The highest BCUT2D eigenvalue weighted by molar-refractivity contribution is 5.63. The summed E-state index contributed by atoms with van der Waals surface area (Å²) < 4.78 is 0. The Hall–Kier alpha value is -2.95. The predicted octanol–water partition coefficient (Wildman–Crippen LogP) is 4.64. The Bertz CT molecular complexity index is 847. The molecule has 0 spiro atoms. The average Bonchev–Trinajstić information content (AvgIpc) is 2.63. The number of nitrogens with zero attached hydrogens (tertiary/aromatic N) is 4. The highest BCUT2D eigenvalue weighted by Gasteiger charge is 2.11. The van der Waals surface area contributed by atoms with Crippen LogP contribution in [0.2, 0.25) is 0 Å². The number of para-hydroxylation sites is 1. The van der Waals surface area contributed by atoms with Gasteiger partial charge in [-0.3, -0.25) is 0 Å². The highest BCUT2D eigenvalue weighted by atomic mass is 15.3. The van der Waals surface area contributed by atoms with Crippen molar-refractivity contribution >= 4 is 23.1 Å². The summed E-state index contributed by atoms with van der Waals surface area (Å²) in [7, 11) is 0. The molecule has 25 heavy (non-hydrogen) atoms. The summed E-state index contributed by atoms with van der Waals surface area (Å²) in [5.74, 6) is 1.28. The Morgan fingerprint density at radius 2 is 1.88 bits per heavy atom. The number of hydrogen-bond donors (Lipinski definition) is 1. The van der Waals surface area contributed by atoms with Crippen LogP contribution in [-0.4, -0.2) is 21.7 Å². The van der Waals surface area contributed by atoms with Crippen LogP contribution in [0.1, 0.15) is 25.0 Å². The second kappa shape index (κ2) is 7.75. The van der Waals surface area contributed by atoms with Crippen LogP contribution < -0.4 is 10.2 Å². The first-order valence-corrected chi connectivity index (χ1v) is 8.60. The molecule has 3 aromatic rings. The molecule has 128 valence electrons. The topological polar surface area (TPSA) is 53.9 Å². The number of anilines is 4. The maximum absolute atomic E-state index is 4.66. The van der Waals surface area contributed by atoms with Gasteiger partial charge in [0.05, 0.1) is 6.20 Å². The molecule has 0 saturated heterocycles. The van der Waals surface area contributed by atoms with Crippen molar-refractivity contribution in [3.05, 3.63) is 65.9 Å². The molecular weight excluding hydrogens is 310 g/mol. The molecule has 0 unspecified atom stereocenters. The smallest absolute Gasteiger partial charge is 0.249 e. The van der Waals surface area contributed by atoms with Gasteiger partial charge in [-0.1, -0.05) is 37.3 Å². The molecule has 1 aromatic heterocycles. The largest absolute Gasteiger partial charge is 0.325 e. The van der Waals surface area contributed by atoms with Crippen molar-refractivity contribution in [2.75, 3.05) is 16.8 Å². The van der Waals surface area contributed by atoms with Gasteiger partial charge < -0.3 is 10.2 Å². The number of benzene rings is 2. The lowest BCUT2D eigenvalue weighted by Gasteiger charge is -2.22. The van der Waals surface area contributed by atoms with Crippen LogP contribution in [0.15, 0.2) is 54.7 Å². The Labute approximate surface area is 148 Å². The Morgan fingerprint density at radius 1 is 1.04 bits per heavy atom. The van der Waals surface area contributed by atoms with Gasteiger partial charge in [-0.2, -0.15) is 10.1 Å². The summed E-state index contributed by atoms with van der Waals surface area (Å²) in [4.78, 5) is 6.79. The van der Waals surface area contributed by atoms with Gasteiger partial charge in [0.1, 0.15) is 0 Å². The van der Waals surface area contributed by atoms with Crippen LogP contribution in [0, 0.1) is 6.92 Å². The molecule has 0 aliphatic carbocycles. The maximum Gasteiger partial charge on any atom is 0.249 e. The quantitative estimate of drug-likeness (QED) is 0.712. The first kappa shape index (κ1) is 16.9. The van der Waals surface area contributed by atoms with Gasteiger partial charge in [0.2, 0.25) is 5.95 Å². The number of aryl methyl sites for hydroxylation is 2. The summed E-state index contributed by atoms with van der Waals surface area (Å²) in [6, 6.07) is 16.5. The summed E-state index contributed by atoms with van der Waals surface area (Å²) in [5.41, 5.74) is 4.56. The first-order valence-electron chi connectivity index (χ1n) is 8.60. The fourth-order valence-electron chi connectivity index (χ4n) is 2.82. The standard InChI is InChI=1S/C20H23N5/c1-4-16-10-6-7-12-18(16)22-20-23-19(14-21-24-20)25(5-2)17-11-8-9-15(3)13-17/h6-14H,4-5H2,1-3H3,(H,22,23,24). The van der Waals surface area contributed by atoms with Crippen LogP contribution in [0.25, 0.3) is 0 Å². The summed E-state index contributed by atoms with van der Waals surface area (Å²) in [6.45, 7) is 7.12. The van der Waals surface area contributed by atoms with E-state index in [1.165, 1.54) is 11.1 Å². The molecular formula is C20H23N5. The van der Waals surface area contributed by atoms with E-state index in [1.54, 1.807) is 6.20 Å². The molecule has 0 radical (unpaired) electrons. The lowest BCUT2D eigenvalue weighted by Crippen LogP contribution is -2.18. The van der Waals surface area contributed by atoms with Gasteiger partial charge in [0, 0.05) is 17.9 Å². The van der Waals surface area contributed by atoms with Crippen LogP contribution in [-0.2, 0) is 6.42 Å². The molecule has 3 rings (SSSR count). The molecule has 1 heterocycles. The van der Waals surface area contributed by atoms with E-state index in [1.807, 2.05) is 18.2 Å². The highest BCUT2D eigenvalue weighted by Crippen LogP contribution is 2.25. The maximum atomic E-state index is 4.66. The van der Waals surface area contributed by atoms with Crippen LogP contribution in [0.3, 0.4) is 0 Å². The number of nitrogens with one attached hydrogen (secondary N) is 1. The lowest BCUT2D eigenvalue weighted by atomic mass is 10.1. The van der Waals surface area contributed by atoms with Gasteiger partial charge >= 0.3 is 0 Å². The van der Waals surface area contributed by atoms with Crippen LogP contribution >= 0.6 is 0 Å². The van der Waals surface area contributed by atoms with Gasteiger partial charge in [-0.25, -0.2) is 0 Å². The van der Waals surface area contributed by atoms with E-state index in [2.05, 4.69) is 76.5 Å². The Kier molecular flexibility index (Phi) is 5.23. The van der Waals surface area contributed by atoms with Crippen LogP contribution in [0.5, 0.6) is 0 Å². The summed E-state index contributed by atoms with van der Waals surface area (Å²) in [6.07, 6.45) is 2.64. The molecule has 0 aliphatic rings. The van der Waals surface area contributed by atoms with Crippen molar-refractivity contribution < 1.29 is 0 Å². The summed E-state index contributed by atoms with van der Waals surface area (Å²) >= 11 is 0. The first-order chi connectivity index (χ1) is 12.2. The Balaban J connectivity index is 1.90. The van der Waals surface area contributed by atoms with Crippen molar-refractivity contribution in [3.8, 4) is 0 Å². The van der Waals surface area contributed by atoms with Crippen molar-refractivity contribution in [1.82, 2.24) is 15.2 Å². The van der Waals surface area contributed by atoms with E-state index in [0.717, 1.165) is 30.2 Å². The lowest BCUT2D eigenvalue weighted by molar-refractivity contribution is 0.921. The van der Waals surface area contributed by atoms with Gasteiger partial charge in [0.25, 0.3) is 0 Å². The second-order valence-corrected chi connectivity index (χ2v) is 5.86. The zero-order valence-corrected chi connectivity index (χ0v) is 14.9. The zero-order chi connectivity index (χ0) is 17.6. The molecule has 1 N–H and O–H groups in total. The van der Waals surface area contributed by atoms with E-state index < -0.39 is 0 Å². The third-order valence-corrected chi connectivity index (χ3v) is 4.10. The number of rotatable bonds is 6. The minimum absolute atomic E-state index is 0.504. The third kappa shape index (κ3) is 3.94. The summed E-state index contributed by atoms with van der Waals surface area (Å²) in [5, 5.41) is 11.6. The normalized spacial score (nSPS) is 10.5. The third-order valence-electron chi connectivity index (χ3n) is 4.10. The molecule has 0 bridgehead atoms. The molecule has 0 amide bonds. The average molecular weight is 333 g/mol. The molecule has 0 atom stereocenters. The van der Waals surface area contributed by atoms with E-state index in [-0.39, 0.29) is 0 Å². The molecule has 2 aromatic carbocycles. The molecule has 0 aliphatic heterocycles. The predicted molar refractivity (Wildman–Crippen MR) is 103 cm³/mol. The zero-order valence-electron chi connectivity index (χ0n) is 14.9. The molecule has 5 nitrogen and oxygen atoms in total. The fourth-order valence-corrected chi connectivity index (χ4v) is 2.82. The molecule has 0 saturated carbocycles. The van der Waals surface area contributed by atoms with Crippen molar-refractivity contribution in [2.45, 2.75) is 27.2 Å². The van der Waals surface area contributed by atoms with Gasteiger partial charge in [0.15, 0.2) is 5.82 Å². The van der Waals surface area contributed by atoms with E-state index in [4.69, 9.17) is 0 Å². The molecule has 5 heteroatoms. The number of hydrogen-bond acceptors (Lipinski definition) is 5. The minimum Gasteiger partial charge on any atom is -0.325 e. The molecule has 0 fully saturated rings. The van der Waals surface area contributed by atoms with E-state index in [0.29, 0.717) is 5.95 Å². The van der Waals surface area contributed by atoms with Gasteiger partial charge in [-0.15, -0.1) is 5.10 Å². The monoisotopic (exact) mass is 333 g/mol. The van der Waals surface area contributed by atoms with Crippen LogP contribution in [0.4, 0.5) is 23.1 Å². The fraction of sp³-hybridized carbons (Fsp3) is 0.250.